The Morgan fingerprint density at radius 3 is 2.48 bits per heavy atom. The van der Waals surface area contributed by atoms with Crippen molar-refractivity contribution in [3.8, 4) is 0 Å². The van der Waals surface area contributed by atoms with Crippen LogP contribution >= 0.6 is 15.9 Å². The lowest BCUT2D eigenvalue weighted by atomic mass is 10.1. The van der Waals surface area contributed by atoms with Crippen molar-refractivity contribution in [3.05, 3.63) is 69.7 Å². The molecule has 2 aromatic rings. The van der Waals surface area contributed by atoms with Gasteiger partial charge in [0.15, 0.2) is 11.6 Å². The van der Waals surface area contributed by atoms with E-state index in [4.69, 9.17) is 0 Å². The molecule has 0 N–H and O–H groups in total. The molecular weight excluding hydrogens is 340 g/mol. The van der Waals surface area contributed by atoms with Crippen LogP contribution in [-0.2, 0) is 17.8 Å². The van der Waals surface area contributed by atoms with Crippen LogP contribution in [0.1, 0.15) is 11.1 Å². The molecule has 0 unspecified atom stereocenters. The molecule has 2 rings (SSSR count). The molecule has 2 nitrogen and oxygen atoms in total. The zero-order valence-electron chi connectivity index (χ0n) is 11.4. The summed E-state index contributed by atoms with van der Waals surface area (Å²) in [5.74, 6) is -2.16. The summed E-state index contributed by atoms with van der Waals surface area (Å²) >= 11 is 3.41. The van der Waals surface area contributed by atoms with E-state index >= 15 is 0 Å². The molecule has 0 saturated heterocycles. The number of benzene rings is 2. The van der Waals surface area contributed by atoms with Gasteiger partial charge in [0.05, 0.1) is 6.42 Å². The number of amides is 1. The molecule has 0 aliphatic rings. The lowest BCUT2D eigenvalue weighted by Gasteiger charge is -2.18. The van der Waals surface area contributed by atoms with E-state index in [9.17, 15) is 13.6 Å². The summed E-state index contributed by atoms with van der Waals surface area (Å²) in [6.07, 6.45) is -0.162. The van der Waals surface area contributed by atoms with Gasteiger partial charge in [-0.1, -0.05) is 46.3 Å². The molecule has 0 heterocycles. The Morgan fingerprint density at radius 2 is 1.76 bits per heavy atom. The van der Waals surface area contributed by atoms with Gasteiger partial charge in [-0.05, 0) is 17.7 Å². The average molecular weight is 354 g/mol. The summed E-state index contributed by atoms with van der Waals surface area (Å²) in [5.41, 5.74) is 1.02. The standard InChI is InChI=1S/C16H14BrF2NO/c1-20(10-12-5-2-3-7-13(12)17)15(21)9-11-6-4-8-14(18)16(11)19/h2-8H,9-10H2,1H3. The van der Waals surface area contributed by atoms with E-state index in [0.717, 1.165) is 16.1 Å². The summed E-state index contributed by atoms with van der Waals surface area (Å²) in [6.45, 7) is 0.400. The molecule has 1 amide bonds. The van der Waals surface area contributed by atoms with Crippen LogP contribution in [0.2, 0.25) is 0 Å². The smallest absolute Gasteiger partial charge is 0.227 e. The summed E-state index contributed by atoms with van der Waals surface area (Å²) < 4.78 is 27.6. The zero-order chi connectivity index (χ0) is 15.4. The second-order valence-corrected chi connectivity index (χ2v) is 5.59. The highest BCUT2D eigenvalue weighted by Crippen LogP contribution is 2.18. The number of nitrogens with zero attached hydrogens (tertiary/aromatic N) is 1. The minimum absolute atomic E-state index is 0.0685. The number of halogens is 3. The normalized spacial score (nSPS) is 10.5. The second-order valence-electron chi connectivity index (χ2n) is 4.73. The highest BCUT2D eigenvalue weighted by atomic mass is 79.9. The van der Waals surface area contributed by atoms with E-state index in [1.165, 1.54) is 17.0 Å². The third kappa shape index (κ3) is 3.88. The third-order valence-electron chi connectivity index (χ3n) is 3.16. The largest absolute Gasteiger partial charge is 0.341 e. The van der Waals surface area contributed by atoms with Gasteiger partial charge < -0.3 is 4.90 Å². The molecular formula is C16H14BrF2NO. The molecule has 0 spiro atoms. The number of likely N-dealkylation sites (N-methyl/N-ethyl adjacent to an activating group) is 1. The molecule has 5 heteroatoms. The number of rotatable bonds is 4. The molecule has 110 valence electrons. The van der Waals surface area contributed by atoms with E-state index in [2.05, 4.69) is 15.9 Å². The number of hydrogen-bond donors (Lipinski definition) is 0. The lowest BCUT2D eigenvalue weighted by molar-refractivity contribution is -0.129. The summed E-state index contributed by atoms with van der Waals surface area (Å²) in [4.78, 5) is 13.6. The first kappa shape index (κ1) is 15.6. The number of carbonyl (C=O) groups excluding carboxylic acids is 1. The maximum Gasteiger partial charge on any atom is 0.227 e. The maximum absolute atomic E-state index is 13.6. The average Bonchev–Trinajstić information content (AvgIpc) is 2.46. The Bertz CT molecular complexity index is 660. The van der Waals surface area contributed by atoms with Crippen LogP contribution in [-0.4, -0.2) is 17.9 Å². The first-order valence-corrected chi connectivity index (χ1v) is 7.18. The van der Waals surface area contributed by atoms with Crippen molar-refractivity contribution in [2.45, 2.75) is 13.0 Å². The van der Waals surface area contributed by atoms with Crippen molar-refractivity contribution in [1.29, 1.82) is 0 Å². The lowest BCUT2D eigenvalue weighted by Crippen LogP contribution is -2.28. The van der Waals surface area contributed by atoms with Crippen molar-refractivity contribution in [2.75, 3.05) is 7.05 Å². The monoisotopic (exact) mass is 353 g/mol. The molecule has 0 radical (unpaired) electrons. The molecule has 0 atom stereocenters. The van der Waals surface area contributed by atoms with Crippen LogP contribution in [0.4, 0.5) is 8.78 Å². The fourth-order valence-electron chi connectivity index (χ4n) is 1.95. The van der Waals surface area contributed by atoms with Gasteiger partial charge in [-0.15, -0.1) is 0 Å². The quantitative estimate of drug-likeness (QED) is 0.815. The number of carbonyl (C=O) groups is 1. The van der Waals surface area contributed by atoms with Crippen molar-refractivity contribution >= 4 is 21.8 Å². The van der Waals surface area contributed by atoms with Crippen LogP contribution < -0.4 is 0 Å². The molecule has 21 heavy (non-hydrogen) atoms. The van der Waals surface area contributed by atoms with Gasteiger partial charge in [0.2, 0.25) is 5.91 Å². The molecule has 0 aliphatic heterocycles. The highest BCUT2D eigenvalue weighted by molar-refractivity contribution is 9.10. The molecule has 0 aliphatic carbocycles. The Kier molecular flexibility index (Phi) is 5.07. The van der Waals surface area contributed by atoms with E-state index in [0.29, 0.717) is 6.54 Å². The first-order chi connectivity index (χ1) is 9.99. The Hall–Kier alpha value is -1.75. The van der Waals surface area contributed by atoms with Crippen molar-refractivity contribution < 1.29 is 13.6 Å². The van der Waals surface area contributed by atoms with Crippen LogP contribution in [0, 0.1) is 11.6 Å². The molecule has 0 fully saturated rings. The predicted octanol–water partition coefficient (Wildman–Crippen LogP) is 3.93. The Labute approximate surface area is 130 Å². The van der Waals surface area contributed by atoms with Crippen molar-refractivity contribution in [1.82, 2.24) is 4.90 Å². The fraction of sp³-hybridized carbons (Fsp3) is 0.188. The van der Waals surface area contributed by atoms with E-state index in [1.54, 1.807) is 7.05 Å². The van der Waals surface area contributed by atoms with E-state index in [-0.39, 0.29) is 17.9 Å². The van der Waals surface area contributed by atoms with Crippen LogP contribution in [0.25, 0.3) is 0 Å². The molecule has 0 aromatic heterocycles. The number of hydrogen-bond acceptors (Lipinski definition) is 1. The van der Waals surface area contributed by atoms with Gasteiger partial charge in [0.25, 0.3) is 0 Å². The van der Waals surface area contributed by atoms with Crippen LogP contribution in [0.15, 0.2) is 46.9 Å². The van der Waals surface area contributed by atoms with E-state index in [1.807, 2.05) is 24.3 Å². The molecule has 2 aromatic carbocycles. The zero-order valence-corrected chi connectivity index (χ0v) is 13.0. The van der Waals surface area contributed by atoms with Crippen molar-refractivity contribution in [3.63, 3.8) is 0 Å². The second kappa shape index (κ2) is 6.80. The minimum atomic E-state index is -0.958. The van der Waals surface area contributed by atoms with Gasteiger partial charge in [0.1, 0.15) is 0 Å². The Morgan fingerprint density at radius 1 is 1.10 bits per heavy atom. The van der Waals surface area contributed by atoms with Gasteiger partial charge in [0, 0.05) is 23.6 Å². The van der Waals surface area contributed by atoms with Crippen LogP contribution in [0.3, 0.4) is 0 Å². The van der Waals surface area contributed by atoms with Gasteiger partial charge >= 0.3 is 0 Å². The third-order valence-corrected chi connectivity index (χ3v) is 3.94. The molecule has 0 saturated carbocycles. The predicted molar refractivity (Wildman–Crippen MR) is 80.7 cm³/mol. The fourth-order valence-corrected chi connectivity index (χ4v) is 2.36. The van der Waals surface area contributed by atoms with Gasteiger partial charge in [-0.25, -0.2) is 8.78 Å². The first-order valence-electron chi connectivity index (χ1n) is 6.39. The van der Waals surface area contributed by atoms with Crippen LogP contribution in [0.5, 0.6) is 0 Å². The highest BCUT2D eigenvalue weighted by Gasteiger charge is 2.15. The Balaban J connectivity index is 2.06. The SMILES string of the molecule is CN(Cc1ccccc1Br)C(=O)Cc1cccc(F)c1F. The summed E-state index contributed by atoms with van der Waals surface area (Å²) in [5, 5.41) is 0. The summed E-state index contributed by atoms with van der Waals surface area (Å²) in [7, 11) is 1.64. The van der Waals surface area contributed by atoms with Gasteiger partial charge in [-0.2, -0.15) is 0 Å². The topological polar surface area (TPSA) is 20.3 Å². The van der Waals surface area contributed by atoms with Crippen molar-refractivity contribution in [2.24, 2.45) is 0 Å². The molecule has 0 bridgehead atoms. The summed E-state index contributed by atoms with van der Waals surface area (Å²) in [6, 6.07) is 11.4. The van der Waals surface area contributed by atoms with Gasteiger partial charge in [-0.3, -0.25) is 4.79 Å². The maximum atomic E-state index is 13.6. The minimum Gasteiger partial charge on any atom is -0.341 e. The van der Waals surface area contributed by atoms with E-state index < -0.39 is 11.6 Å².